The molecular weight excluding hydrogens is 580 g/mol. The molecule has 0 bridgehead atoms. The molecule has 2 aliphatic heterocycles. The van der Waals surface area contributed by atoms with E-state index in [0.717, 1.165) is 44.0 Å². The van der Waals surface area contributed by atoms with Crippen LogP contribution in [0.15, 0.2) is 49.3 Å². The molecule has 1 saturated carbocycles. The molecule has 10 nitrogen and oxygen atoms in total. The number of anilines is 5. The second-order valence-corrected chi connectivity index (χ2v) is 11.1. The fourth-order valence-electron chi connectivity index (χ4n) is 5.62. The zero-order valence-corrected chi connectivity index (χ0v) is 24.4. The fraction of sp³-hybridized carbons (Fsp3) is 0.367. The van der Waals surface area contributed by atoms with Crippen LogP contribution in [-0.2, 0) is 9.63 Å². The van der Waals surface area contributed by atoms with E-state index in [1.807, 2.05) is 6.07 Å². The van der Waals surface area contributed by atoms with Gasteiger partial charge in [0.25, 0.3) is 0 Å². The molecule has 13 heteroatoms. The second kappa shape index (κ2) is 12.3. The van der Waals surface area contributed by atoms with Crippen LogP contribution < -0.4 is 25.3 Å². The summed E-state index contributed by atoms with van der Waals surface area (Å²) >= 11 is 5.91. The summed E-state index contributed by atoms with van der Waals surface area (Å²) in [5.74, 6) is -0.406. The number of amides is 1. The number of hydrogen-bond donors (Lipinski definition) is 2. The molecule has 1 unspecified atom stereocenters. The van der Waals surface area contributed by atoms with E-state index in [0.29, 0.717) is 41.2 Å². The lowest BCUT2D eigenvalue weighted by atomic mass is 10.0. The van der Waals surface area contributed by atoms with Crippen LogP contribution in [0.25, 0.3) is 0 Å². The molecule has 3 aromatic rings. The minimum absolute atomic E-state index is 0.0773. The number of hydroxylamine groups is 1. The molecule has 226 valence electrons. The quantitative estimate of drug-likeness (QED) is 0.242. The van der Waals surface area contributed by atoms with Crippen molar-refractivity contribution in [1.29, 1.82) is 0 Å². The van der Waals surface area contributed by atoms with Crippen molar-refractivity contribution >= 4 is 46.2 Å². The molecular formula is C30H32ClF2N7O3. The van der Waals surface area contributed by atoms with Crippen LogP contribution in [0.2, 0.25) is 5.02 Å². The molecule has 0 spiro atoms. The molecule has 2 saturated heterocycles. The number of rotatable bonds is 9. The van der Waals surface area contributed by atoms with Crippen LogP contribution in [0.1, 0.15) is 30.9 Å². The standard InChI is InChI=1S/C30H32ClF2N7O3/c1-3-29(41)37-22-14-23(26(42-2)15-25(22)39-9-7-38(8-10-39)19-4-5-19)36-27-16-28(35-17-34-27)40-24(6-11-43-40)20-12-18(32)13-21(31)30(20)33/h3,12-17,19,24H,1,4-11H2,2H3,(H,37,41)(H,34,35,36). The Morgan fingerprint density at radius 1 is 1.09 bits per heavy atom. The minimum atomic E-state index is -0.705. The Balaban J connectivity index is 1.28. The Kier molecular flexibility index (Phi) is 8.33. The van der Waals surface area contributed by atoms with Gasteiger partial charge in [-0.2, -0.15) is 0 Å². The van der Waals surface area contributed by atoms with Gasteiger partial charge in [0.15, 0.2) is 5.82 Å². The summed E-state index contributed by atoms with van der Waals surface area (Å²) in [5, 5.41) is 7.31. The van der Waals surface area contributed by atoms with E-state index in [4.69, 9.17) is 21.2 Å². The molecule has 3 fully saturated rings. The maximum absolute atomic E-state index is 14.9. The fourth-order valence-corrected chi connectivity index (χ4v) is 5.83. The highest BCUT2D eigenvalue weighted by molar-refractivity contribution is 6.30. The molecule has 1 amide bonds. The van der Waals surface area contributed by atoms with Crippen LogP contribution in [0.4, 0.5) is 37.5 Å². The van der Waals surface area contributed by atoms with Gasteiger partial charge in [0.2, 0.25) is 5.91 Å². The number of hydrogen-bond acceptors (Lipinski definition) is 9. The summed E-state index contributed by atoms with van der Waals surface area (Å²) in [5.41, 5.74) is 2.08. The average Bonchev–Trinajstić information content (AvgIpc) is 3.75. The van der Waals surface area contributed by atoms with E-state index in [2.05, 4.69) is 37.0 Å². The molecule has 2 N–H and O–H groups in total. The highest BCUT2D eigenvalue weighted by Crippen LogP contribution is 2.41. The third-order valence-electron chi connectivity index (χ3n) is 7.91. The molecule has 2 aromatic carbocycles. The number of nitrogens with one attached hydrogen (secondary N) is 2. The number of halogens is 3. The third kappa shape index (κ3) is 6.22. The number of nitrogens with zero attached hydrogens (tertiary/aromatic N) is 5. The SMILES string of the molecule is C=CC(=O)Nc1cc(Nc2cc(N3OCCC3c3cc(F)cc(Cl)c3F)ncn2)c(OC)cc1N1CCN(C2CC2)CC1. The average molecular weight is 612 g/mol. The summed E-state index contributed by atoms with van der Waals surface area (Å²) in [6.45, 7) is 7.43. The summed E-state index contributed by atoms with van der Waals surface area (Å²) in [4.78, 5) is 31.6. The Hall–Kier alpha value is -4.00. The number of methoxy groups -OCH3 is 1. The topological polar surface area (TPSA) is 95.1 Å². The molecule has 3 aliphatic rings. The lowest BCUT2D eigenvalue weighted by molar-refractivity contribution is -0.111. The summed E-state index contributed by atoms with van der Waals surface area (Å²) < 4.78 is 34.7. The predicted molar refractivity (Wildman–Crippen MR) is 161 cm³/mol. The first kappa shape index (κ1) is 29.1. The number of benzene rings is 2. The van der Waals surface area contributed by atoms with Gasteiger partial charge in [-0.25, -0.2) is 23.8 Å². The van der Waals surface area contributed by atoms with Crippen LogP contribution in [-0.4, -0.2) is 66.7 Å². The summed E-state index contributed by atoms with van der Waals surface area (Å²) in [6.07, 6.45) is 5.50. The zero-order chi connectivity index (χ0) is 30.1. The largest absolute Gasteiger partial charge is 0.494 e. The summed E-state index contributed by atoms with van der Waals surface area (Å²) in [7, 11) is 1.57. The smallest absolute Gasteiger partial charge is 0.247 e. The summed E-state index contributed by atoms with van der Waals surface area (Å²) in [6, 6.07) is 7.43. The molecule has 6 rings (SSSR count). The molecule has 43 heavy (non-hydrogen) atoms. The van der Waals surface area contributed by atoms with Gasteiger partial charge in [-0.1, -0.05) is 18.2 Å². The number of ether oxygens (including phenoxy) is 1. The normalized spacial score (nSPS) is 18.9. The van der Waals surface area contributed by atoms with Crippen LogP contribution in [0.5, 0.6) is 5.75 Å². The van der Waals surface area contributed by atoms with Gasteiger partial charge in [0.05, 0.1) is 41.8 Å². The highest BCUT2D eigenvalue weighted by Gasteiger charge is 2.33. The van der Waals surface area contributed by atoms with Crippen LogP contribution in [0, 0.1) is 11.6 Å². The molecule has 3 heterocycles. The highest BCUT2D eigenvalue weighted by atomic mass is 35.5. The van der Waals surface area contributed by atoms with E-state index >= 15 is 0 Å². The maximum atomic E-state index is 14.9. The first-order valence-electron chi connectivity index (χ1n) is 14.1. The number of aromatic nitrogens is 2. The van der Waals surface area contributed by atoms with Gasteiger partial charge < -0.3 is 20.3 Å². The van der Waals surface area contributed by atoms with Gasteiger partial charge >= 0.3 is 0 Å². The van der Waals surface area contributed by atoms with Crippen molar-refractivity contribution in [3.63, 3.8) is 0 Å². The van der Waals surface area contributed by atoms with Gasteiger partial charge in [-0.3, -0.25) is 14.5 Å². The van der Waals surface area contributed by atoms with E-state index in [9.17, 15) is 13.6 Å². The van der Waals surface area contributed by atoms with E-state index in [1.54, 1.807) is 19.2 Å². The number of carbonyl (C=O) groups excluding carboxylic acids is 1. The van der Waals surface area contributed by atoms with E-state index in [-0.39, 0.29) is 23.1 Å². The molecule has 1 aromatic heterocycles. The van der Waals surface area contributed by atoms with Crippen molar-refractivity contribution in [2.75, 3.05) is 60.5 Å². The lowest BCUT2D eigenvalue weighted by Gasteiger charge is -2.37. The van der Waals surface area contributed by atoms with Crippen molar-refractivity contribution in [3.8, 4) is 5.75 Å². The van der Waals surface area contributed by atoms with E-state index < -0.39 is 17.7 Å². The lowest BCUT2D eigenvalue weighted by Crippen LogP contribution is -2.47. The number of carbonyl (C=O) groups is 1. The molecule has 0 radical (unpaired) electrons. The molecule has 1 aliphatic carbocycles. The van der Waals surface area contributed by atoms with Gasteiger partial charge in [0, 0.05) is 56.3 Å². The Labute approximate surface area is 253 Å². The van der Waals surface area contributed by atoms with Gasteiger partial charge in [0.1, 0.15) is 29.5 Å². The Morgan fingerprint density at radius 2 is 1.88 bits per heavy atom. The van der Waals surface area contributed by atoms with Crippen LogP contribution in [0.3, 0.4) is 0 Å². The first-order valence-corrected chi connectivity index (χ1v) is 14.5. The molecule has 1 atom stereocenters. The van der Waals surface area contributed by atoms with Crippen molar-refractivity contribution < 1.29 is 23.1 Å². The second-order valence-electron chi connectivity index (χ2n) is 10.7. The maximum Gasteiger partial charge on any atom is 0.247 e. The Morgan fingerprint density at radius 3 is 2.60 bits per heavy atom. The van der Waals surface area contributed by atoms with Gasteiger partial charge in [-0.15, -0.1) is 0 Å². The zero-order valence-electron chi connectivity index (χ0n) is 23.7. The van der Waals surface area contributed by atoms with Gasteiger partial charge in [-0.05, 0) is 37.1 Å². The van der Waals surface area contributed by atoms with Crippen molar-refractivity contribution in [2.45, 2.75) is 31.3 Å². The van der Waals surface area contributed by atoms with E-state index in [1.165, 1.54) is 30.3 Å². The minimum Gasteiger partial charge on any atom is -0.494 e. The number of piperazine rings is 1. The third-order valence-corrected chi connectivity index (χ3v) is 8.18. The van der Waals surface area contributed by atoms with Crippen molar-refractivity contribution in [2.24, 2.45) is 0 Å². The first-order chi connectivity index (χ1) is 20.8. The monoisotopic (exact) mass is 611 g/mol. The van der Waals surface area contributed by atoms with Crippen molar-refractivity contribution in [3.05, 3.63) is 71.5 Å². The van der Waals surface area contributed by atoms with Crippen LogP contribution >= 0.6 is 11.6 Å². The Bertz CT molecular complexity index is 1530. The predicted octanol–water partition coefficient (Wildman–Crippen LogP) is 5.45. The van der Waals surface area contributed by atoms with Crippen molar-refractivity contribution in [1.82, 2.24) is 14.9 Å².